The molecule has 5 rings (SSSR count). The van der Waals surface area contributed by atoms with Crippen molar-refractivity contribution in [3.8, 4) is 28.7 Å². The fourth-order valence-corrected chi connectivity index (χ4v) is 3.38. The average molecular weight is 568 g/mol. The van der Waals surface area contributed by atoms with Crippen LogP contribution in [-0.4, -0.2) is 51.4 Å². The molecule has 0 amide bonds. The van der Waals surface area contributed by atoms with Gasteiger partial charge >= 0.3 is 12.1 Å². The predicted octanol–water partition coefficient (Wildman–Crippen LogP) is 5.17. The molecule has 2 saturated heterocycles. The summed E-state index contributed by atoms with van der Waals surface area (Å²) in [5, 5.41) is 0. The van der Waals surface area contributed by atoms with Crippen LogP contribution in [0.1, 0.15) is 15.9 Å². The first-order valence-corrected chi connectivity index (χ1v) is 11.9. The largest absolute Gasteiger partial charge is 0.491 e. The van der Waals surface area contributed by atoms with Crippen LogP contribution in [0.2, 0.25) is 0 Å². The van der Waals surface area contributed by atoms with Crippen LogP contribution in [0.5, 0.6) is 28.7 Å². The Morgan fingerprint density at radius 3 is 1.88 bits per heavy atom. The highest BCUT2D eigenvalue weighted by atomic mass is 19.4. The number of carbonyl (C=O) groups is 1. The van der Waals surface area contributed by atoms with Crippen molar-refractivity contribution in [2.75, 3.05) is 33.2 Å². The molecule has 2 aliphatic rings. The number of rotatable bonds is 12. The Kier molecular flexibility index (Phi) is 7.94. The molecule has 0 aliphatic carbocycles. The summed E-state index contributed by atoms with van der Waals surface area (Å²) in [5.74, 6) is -4.05. The predicted molar refractivity (Wildman–Crippen MR) is 126 cm³/mol. The molecular formula is C27H21F5O8. The van der Waals surface area contributed by atoms with Crippen molar-refractivity contribution in [3.05, 3.63) is 77.4 Å². The minimum atomic E-state index is -4.91. The first kappa shape index (κ1) is 27.5. The lowest BCUT2D eigenvalue weighted by Crippen LogP contribution is -2.14. The summed E-state index contributed by atoms with van der Waals surface area (Å²) in [4.78, 5) is 12.4. The smallest absolute Gasteiger partial charge is 0.420 e. The molecule has 40 heavy (non-hydrogen) atoms. The average Bonchev–Trinajstić information content (AvgIpc) is 3.83. The molecule has 212 valence electrons. The van der Waals surface area contributed by atoms with E-state index in [1.165, 1.54) is 18.2 Å². The standard InChI is InChI=1S/C27H21F5O8/c28-22-8-15(34-10-18-12-36-18)1-4-20(22)26(33)40-17-3-5-24(21(7-17)27(30,31)32)38-14-39-25-6-2-16(9-23(25)29)35-11-19-13-37-19/h1-9,18-19H,10-14H2. The number of carbonyl (C=O) groups excluding carboxylic acids is 1. The maximum atomic E-state index is 14.4. The molecule has 2 heterocycles. The van der Waals surface area contributed by atoms with Gasteiger partial charge in [0.05, 0.1) is 18.8 Å². The quantitative estimate of drug-likeness (QED) is 0.0973. The van der Waals surface area contributed by atoms with Crippen molar-refractivity contribution in [2.45, 2.75) is 18.4 Å². The van der Waals surface area contributed by atoms with Crippen LogP contribution in [0.25, 0.3) is 0 Å². The molecule has 0 aromatic heterocycles. The Hall–Kier alpha value is -4.10. The zero-order valence-corrected chi connectivity index (χ0v) is 20.5. The van der Waals surface area contributed by atoms with Crippen molar-refractivity contribution >= 4 is 5.97 Å². The number of hydrogen-bond acceptors (Lipinski definition) is 8. The third-order valence-corrected chi connectivity index (χ3v) is 5.64. The molecule has 0 saturated carbocycles. The lowest BCUT2D eigenvalue weighted by molar-refractivity contribution is -0.139. The Balaban J connectivity index is 1.20. The molecule has 0 radical (unpaired) electrons. The highest BCUT2D eigenvalue weighted by molar-refractivity contribution is 5.91. The van der Waals surface area contributed by atoms with E-state index in [-0.39, 0.29) is 42.7 Å². The third kappa shape index (κ3) is 7.30. The van der Waals surface area contributed by atoms with Crippen LogP contribution in [0.4, 0.5) is 22.0 Å². The lowest BCUT2D eigenvalue weighted by Gasteiger charge is -2.16. The summed E-state index contributed by atoms with van der Waals surface area (Å²) in [5.41, 5.74) is -1.80. The second-order valence-corrected chi connectivity index (χ2v) is 8.72. The van der Waals surface area contributed by atoms with Gasteiger partial charge in [-0.25, -0.2) is 13.6 Å². The molecule has 2 fully saturated rings. The summed E-state index contributed by atoms with van der Waals surface area (Å²) < 4.78 is 106. The van der Waals surface area contributed by atoms with E-state index in [1.54, 1.807) is 0 Å². The minimum absolute atomic E-state index is 0.0227. The van der Waals surface area contributed by atoms with E-state index >= 15 is 0 Å². The number of halogens is 5. The van der Waals surface area contributed by atoms with Crippen molar-refractivity contribution in [3.63, 3.8) is 0 Å². The van der Waals surface area contributed by atoms with E-state index in [4.69, 9.17) is 33.2 Å². The van der Waals surface area contributed by atoms with Crippen molar-refractivity contribution < 1.29 is 59.9 Å². The third-order valence-electron chi connectivity index (χ3n) is 5.64. The van der Waals surface area contributed by atoms with Crippen molar-refractivity contribution in [2.24, 2.45) is 0 Å². The number of alkyl halides is 3. The maximum absolute atomic E-state index is 14.4. The molecule has 2 aliphatic heterocycles. The monoisotopic (exact) mass is 568 g/mol. The van der Waals surface area contributed by atoms with Gasteiger partial charge in [-0.2, -0.15) is 13.2 Å². The van der Waals surface area contributed by atoms with Gasteiger partial charge in [0.15, 0.2) is 11.6 Å². The summed E-state index contributed by atoms with van der Waals surface area (Å²) in [6.45, 7) is 0.838. The first-order valence-electron chi connectivity index (χ1n) is 11.9. The molecule has 2 atom stereocenters. The Morgan fingerprint density at radius 2 is 1.30 bits per heavy atom. The molecular weight excluding hydrogens is 547 g/mol. The summed E-state index contributed by atoms with van der Waals surface area (Å²) >= 11 is 0. The minimum Gasteiger partial charge on any atom is -0.491 e. The van der Waals surface area contributed by atoms with Crippen LogP contribution in [0, 0.1) is 11.6 Å². The van der Waals surface area contributed by atoms with Gasteiger partial charge in [0.1, 0.15) is 59.8 Å². The number of esters is 1. The topological polar surface area (TPSA) is 88.3 Å². The Morgan fingerprint density at radius 1 is 0.750 bits per heavy atom. The van der Waals surface area contributed by atoms with Crippen LogP contribution in [-0.2, 0) is 15.7 Å². The van der Waals surface area contributed by atoms with Gasteiger partial charge in [-0.3, -0.25) is 0 Å². The highest BCUT2D eigenvalue weighted by Crippen LogP contribution is 2.39. The second kappa shape index (κ2) is 11.6. The SMILES string of the molecule is O=C(Oc1ccc(OCOc2ccc(OCC3CO3)cc2F)c(C(F)(F)F)c1)c1ccc(OCC2CO2)cc1F. The molecule has 13 heteroatoms. The molecule has 0 N–H and O–H groups in total. The first-order chi connectivity index (χ1) is 19.2. The highest BCUT2D eigenvalue weighted by Gasteiger charge is 2.35. The number of ether oxygens (including phenoxy) is 7. The van der Waals surface area contributed by atoms with Gasteiger partial charge in [0.2, 0.25) is 6.79 Å². The fraction of sp³-hybridized carbons (Fsp3) is 0.296. The molecule has 2 unspecified atom stereocenters. The molecule has 8 nitrogen and oxygen atoms in total. The van der Waals surface area contributed by atoms with Crippen molar-refractivity contribution in [1.82, 2.24) is 0 Å². The molecule has 0 bridgehead atoms. The van der Waals surface area contributed by atoms with Crippen LogP contribution in [0.15, 0.2) is 54.6 Å². The van der Waals surface area contributed by atoms with Crippen LogP contribution < -0.4 is 23.7 Å². The molecule has 3 aromatic rings. The van der Waals surface area contributed by atoms with E-state index < -0.39 is 53.2 Å². The van der Waals surface area contributed by atoms with E-state index in [1.807, 2.05) is 0 Å². The van der Waals surface area contributed by atoms with Gasteiger partial charge in [0.25, 0.3) is 0 Å². The summed E-state index contributed by atoms with van der Waals surface area (Å²) in [6.07, 6.45) is -5.00. The lowest BCUT2D eigenvalue weighted by atomic mass is 10.1. The van der Waals surface area contributed by atoms with E-state index in [0.29, 0.717) is 19.3 Å². The van der Waals surface area contributed by atoms with Gasteiger partial charge in [-0.15, -0.1) is 0 Å². The Bertz CT molecular complexity index is 1370. The molecule has 0 spiro atoms. The Labute approximate surface area is 224 Å². The van der Waals surface area contributed by atoms with E-state index in [0.717, 1.165) is 30.3 Å². The zero-order valence-electron chi connectivity index (χ0n) is 20.5. The number of epoxide rings is 2. The molecule has 3 aromatic carbocycles. The van der Waals surface area contributed by atoms with E-state index in [2.05, 4.69) is 0 Å². The summed E-state index contributed by atoms with van der Waals surface area (Å²) in [7, 11) is 0. The van der Waals surface area contributed by atoms with Gasteiger partial charge in [-0.05, 0) is 42.5 Å². The zero-order chi connectivity index (χ0) is 28.3. The number of hydrogen-bond donors (Lipinski definition) is 0. The second-order valence-electron chi connectivity index (χ2n) is 8.72. The number of benzene rings is 3. The summed E-state index contributed by atoms with van der Waals surface area (Å²) in [6, 6.07) is 9.57. The van der Waals surface area contributed by atoms with Gasteiger partial charge in [-0.1, -0.05) is 0 Å². The van der Waals surface area contributed by atoms with Gasteiger partial charge in [0, 0.05) is 12.1 Å². The van der Waals surface area contributed by atoms with Gasteiger partial charge < -0.3 is 33.2 Å². The normalized spacial score (nSPS) is 17.6. The maximum Gasteiger partial charge on any atom is 0.420 e. The van der Waals surface area contributed by atoms with Crippen molar-refractivity contribution in [1.29, 1.82) is 0 Å². The van der Waals surface area contributed by atoms with Crippen LogP contribution in [0.3, 0.4) is 0 Å². The fourth-order valence-electron chi connectivity index (χ4n) is 3.38. The van der Waals surface area contributed by atoms with E-state index in [9.17, 15) is 26.7 Å². The van der Waals surface area contributed by atoms with Crippen LogP contribution >= 0.6 is 0 Å².